The fourth-order valence-electron chi connectivity index (χ4n) is 5.08. The highest BCUT2D eigenvalue weighted by atomic mass is 16.5. The number of ether oxygens (including phenoxy) is 2. The standard InChI is InChI=1S/C28H31N3O4/c1-34-27(33)25-24(26(32)29-15-18-31-16-8-17-31)22-13-14-28(25,35-22)23(19-20-9-4-2-5-10-20)30-21-11-6-3-7-12-21/h2-7,9-14,22-23,30H,8,15-19H2,1H3,(H,29,32). The highest BCUT2D eigenvalue weighted by Crippen LogP contribution is 2.47. The summed E-state index contributed by atoms with van der Waals surface area (Å²) in [5.74, 6) is -0.821. The van der Waals surface area contributed by atoms with Gasteiger partial charge in [-0.1, -0.05) is 54.6 Å². The number of benzene rings is 2. The van der Waals surface area contributed by atoms with E-state index in [0.717, 1.165) is 30.9 Å². The Labute approximate surface area is 205 Å². The molecule has 7 heteroatoms. The number of nitrogens with zero attached hydrogens (tertiary/aromatic N) is 1. The molecule has 0 aliphatic carbocycles. The Balaban J connectivity index is 1.48. The van der Waals surface area contributed by atoms with E-state index in [1.807, 2.05) is 72.8 Å². The number of hydrogen-bond donors (Lipinski definition) is 2. The van der Waals surface area contributed by atoms with Crippen molar-refractivity contribution in [2.45, 2.75) is 30.6 Å². The minimum atomic E-state index is -1.13. The summed E-state index contributed by atoms with van der Waals surface area (Å²) in [7, 11) is 1.34. The molecular formula is C28H31N3O4. The van der Waals surface area contributed by atoms with Crippen LogP contribution in [0.4, 0.5) is 5.69 Å². The van der Waals surface area contributed by atoms with Crippen molar-refractivity contribution >= 4 is 17.6 Å². The summed E-state index contributed by atoms with van der Waals surface area (Å²) in [5.41, 5.74) is 1.48. The molecule has 2 aromatic carbocycles. The molecule has 0 spiro atoms. The van der Waals surface area contributed by atoms with Crippen molar-refractivity contribution in [1.82, 2.24) is 10.2 Å². The van der Waals surface area contributed by atoms with Crippen LogP contribution in [0.1, 0.15) is 12.0 Å². The molecule has 3 heterocycles. The number of carbonyl (C=O) groups excluding carboxylic acids is 2. The fourth-order valence-corrected chi connectivity index (χ4v) is 5.08. The van der Waals surface area contributed by atoms with Gasteiger partial charge in [0.25, 0.3) is 5.91 Å². The summed E-state index contributed by atoms with van der Waals surface area (Å²) in [6.45, 7) is 3.45. The molecule has 1 fully saturated rings. The average molecular weight is 474 g/mol. The van der Waals surface area contributed by atoms with E-state index in [2.05, 4.69) is 15.5 Å². The number of likely N-dealkylation sites (tertiary alicyclic amines) is 1. The van der Waals surface area contributed by atoms with Gasteiger partial charge in [-0.25, -0.2) is 4.79 Å². The van der Waals surface area contributed by atoms with Crippen LogP contribution in [0.25, 0.3) is 0 Å². The van der Waals surface area contributed by atoms with Crippen LogP contribution < -0.4 is 10.6 Å². The zero-order valence-electron chi connectivity index (χ0n) is 19.9. The maximum Gasteiger partial charge on any atom is 0.337 e. The van der Waals surface area contributed by atoms with Gasteiger partial charge in [0.05, 0.1) is 24.3 Å². The molecule has 35 heavy (non-hydrogen) atoms. The lowest BCUT2D eigenvalue weighted by molar-refractivity contribution is -0.138. The summed E-state index contributed by atoms with van der Waals surface area (Å²) in [6.07, 6.45) is 4.97. The maximum absolute atomic E-state index is 13.3. The summed E-state index contributed by atoms with van der Waals surface area (Å²) in [6, 6.07) is 19.5. The van der Waals surface area contributed by atoms with E-state index in [9.17, 15) is 9.59 Å². The zero-order chi connectivity index (χ0) is 24.3. The van der Waals surface area contributed by atoms with Crippen molar-refractivity contribution in [3.05, 3.63) is 89.5 Å². The predicted octanol–water partition coefficient (Wildman–Crippen LogP) is 2.71. The Morgan fingerprint density at radius 1 is 1.11 bits per heavy atom. The van der Waals surface area contributed by atoms with Gasteiger partial charge in [-0.2, -0.15) is 0 Å². The minimum Gasteiger partial charge on any atom is -0.466 e. The zero-order valence-corrected chi connectivity index (χ0v) is 19.9. The first kappa shape index (κ1) is 23.3. The van der Waals surface area contributed by atoms with Crippen molar-refractivity contribution in [2.75, 3.05) is 38.6 Å². The molecule has 0 saturated carbocycles. The first-order valence-corrected chi connectivity index (χ1v) is 12.2. The third-order valence-corrected chi connectivity index (χ3v) is 7.00. The van der Waals surface area contributed by atoms with Crippen LogP contribution in [0.3, 0.4) is 0 Å². The molecule has 3 unspecified atom stereocenters. The number of fused-ring (bicyclic) bond motifs is 2. The molecule has 1 amide bonds. The third kappa shape index (κ3) is 4.61. The van der Waals surface area contributed by atoms with Gasteiger partial charge in [0, 0.05) is 18.8 Å². The number of esters is 1. The second-order valence-electron chi connectivity index (χ2n) is 9.17. The largest absolute Gasteiger partial charge is 0.466 e. The Kier molecular flexibility index (Phi) is 6.70. The first-order valence-electron chi connectivity index (χ1n) is 12.2. The average Bonchev–Trinajstić information content (AvgIpc) is 3.44. The van der Waals surface area contributed by atoms with Crippen LogP contribution in [0.5, 0.6) is 0 Å². The Bertz CT molecular complexity index is 1090. The molecule has 5 rings (SSSR count). The quantitative estimate of drug-likeness (QED) is 0.408. The van der Waals surface area contributed by atoms with E-state index in [4.69, 9.17) is 9.47 Å². The second kappa shape index (κ2) is 10.1. The Morgan fingerprint density at radius 2 is 1.83 bits per heavy atom. The Hall–Kier alpha value is -3.42. The number of anilines is 1. The first-order chi connectivity index (χ1) is 17.1. The summed E-state index contributed by atoms with van der Waals surface area (Å²) < 4.78 is 11.7. The summed E-state index contributed by atoms with van der Waals surface area (Å²) in [4.78, 5) is 28.8. The van der Waals surface area contributed by atoms with Gasteiger partial charge in [0.15, 0.2) is 0 Å². The molecule has 182 valence electrons. The van der Waals surface area contributed by atoms with Crippen molar-refractivity contribution in [3.63, 3.8) is 0 Å². The lowest BCUT2D eigenvalue weighted by atomic mass is 9.79. The Morgan fingerprint density at radius 3 is 2.49 bits per heavy atom. The molecule has 2 bridgehead atoms. The van der Waals surface area contributed by atoms with Crippen molar-refractivity contribution in [2.24, 2.45) is 0 Å². The highest BCUT2D eigenvalue weighted by molar-refractivity contribution is 6.07. The van der Waals surface area contributed by atoms with E-state index >= 15 is 0 Å². The number of carbonyl (C=O) groups is 2. The fraction of sp³-hybridized carbons (Fsp3) is 0.357. The van der Waals surface area contributed by atoms with E-state index in [1.165, 1.54) is 13.5 Å². The number of para-hydroxylation sites is 1. The van der Waals surface area contributed by atoms with Crippen LogP contribution in [0.2, 0.25) is 0 Å². The second-order valence-corrected chi connectivity index (χ2v) is 9.17. The molecular weight excluding hydrogens is 442 g/mol. The molecule has 3 aliphatic rings. The van der Waals surface area contributed by atoms with E-state index in [0.29, 0.717) is 18.5 Å². The smallest absolute Gasteiger partial charge is 0.337 e. The highest BCUT2D eigenvalue weighted by Gasteiger charge is 2.58. The maximum atomic E-state index is 13.3. The summed E-state index contributed by atoms with van der Waals surface area (Å²) >= 11 is 0. The van der Waals surface area contributed by atoms with Crippen LogP contribution >= 0.6 is 0 Å². The van der Waals surface area contributed by atoms with Crippen LogP contribution in [-0.4, -0.2) is 67.8 Å². The normalized spacial score (nSPS) is 23.6. The number of amides is 1. The van der Waals surface area contributed by atoms with Gasteiger partial charge >= 0.3 is 5.97 Å². The van der Waals surface area contributed by atoms with Gasteiger partial charge < -0.3 is 25.0 Å². The molecule has 0 aromatic heterocycles. The van der Waals surface area contributed by atoms with Crippen LogP contribution in [-0.2, 0) is 25.5 Å². The van der Waals surface area contributed by atoms with Gasteiger partial charge in [-0.3, -0.25) is 4.79 Å². The van der Waals surface area contributed by atoms with E-state index in [-0.39, 0.29) is 17.5 Å². The topological polar surface area (TPSA) is 79.9 Å². The summed E-state index contributed by atoms with van der Waals surface area (Å²) in [5, 5.41) is 6.57. The van der Waals surface area contributed by atoms with Gasteiger partial charge in [-0.05, 0) is 49.7 Å². The molecule has 0 radical (unpaired) electrons. The minimum absolute atomic E-state index is 0.276. The number of hydrogen-bond acceptors (Lipinski definition) is 6. The molecule has 3 atom stereocenters. The molecule has 7 nitrogen and oxygen atoms in total. The van der Waals surface area contributed by atoms with Gasteiger partial charge in [0.1, 0.15) is 11.7 Å². The monoisotopic (exact) mass is 473 g/mol. The van der Waals surface area contributed by atoms with E-state index < -0.39 is 17.7 Å². The number of nitrogens with one attached hydrogen (secondary N) is 2. The predicted molar refractivity (Wildman–Crippen MR) is 134 cm³/mol. The van der Waals surface area contributed by atoms with Crippen molar-refractivity contribution < 1.29 is 19.1 Å². The lowest BCUT2D eigenvalue weighted by Gasteiger charge is -2.36. The SMILES string of the molecule is COC(=O)C1=C(C(=O)NCCN2CCC2)C2C=CC1(C(Cc1ccccc1)Nc1ccccc1)O2. The van der Waals surface area contributed by atoms with Gasteiger partial charge in [-0.15, -0.1) is 0 Å². The molecule has 3 aliphatic heterocycles. The van der Waals surface area contributed by atoms with E-state index in [1.54, 1.807) is 0 Å². The van der Waals surface area contributed by atoms with Crippen molar-refractivity contribution in [3.8, 4) is 0 Å². The van der Waals surface area contributed by atoms with Gasteiger partial charge in [0.2, 0.25) is 0 Å². The lowest BCUT2D eigenvalue weighted by Crippen LogP contribution is -2.49. The van der Waals surface area contributed by atoms with Crippen LogP contribution in [0, 0.1) is 0 Å². The number of rotatable bonds is 10. The van der Waals surface area contributed by atoms with Crippen LogP contribution in [0.15, 0.2) is 84.0 Å². The molecule has 1 saturated heterocycles. The number of methoxy groups -OCH3 is 1. The molecule has 2 N–H and O–H groups in total. The van der Waals surface area contributed by atoms with Crippen molar-refractivity contribution in [1.29, 1.82) is 0 Å². The third-order valence-electron chi connectivity index (χ3n) is 7.00. The molecule has 2 aromatic rings.